The van der Waals surface area contributed by atoms with Crippen LogP contribution in [0.25, 0.3) is 0 Å². The van der Waals surface area contributed by atoms with Crippen molar-refractivity contribution >= 4 is 27.5 Å². The minimum atomic E-state index is -3.99. The number of benzene rings is 3. The lowest BCUT2D eigenvalue weighted by atomic mass is 9.94. The van der Waals surface area contributed by atoms with Gasteiger partial charge in [-0.05, 0) is 50.6 Å². The average molecular weight is 492 g/mol. The number of carbonyl (C=O) groups is 2. The SMILES string of the molecule is Cc1ccc(N2C(=O)CN(S(=O)(=O)c3ccc(C)cc3)CC2(C)C(=O)NCc2ccccc2)cc1. The first kappa shape index (κ1) is 24.6. The number of carbonyl (C=O) groups excluding carboxylic acids is 2. The molecule has 0 bridgehead atoms. The van der Waals surface area contributed by atoms with E-state index < -0.39 is 27.4 Å². The van der Waals surface area contributed by atoms with Crippen LogP contribution >= 0.6 is 0 Å². The molecular formula is C27H29N3O4S. The Morgan fingerprint density at radius 1 is 0.914 bits per heavy atom. The Balaban J connectivity index is 1.70. The highest BCUT2D eigenvalue weighted by Crippen LogP contribution is 2.32. The number of sulfonamides is 1. The summed E-state index contributed by atoms with van der Waals surface area (Å²) in [6.07, 6.45) is 0. The second-order valence-electron chi connectivity index (χ2n) is 9.09. The first-order chi connectivity index (χ1) is 16.6. The van der Waals surface area contributed by atoms with Crippen molar-refractivity contribution in [2.24, 2.45) is 0 Å². The molecular weight excluding hydrogens is 462 g/mol. The highest BCUT2D eigenvalue weighted by Gasteiger charge is 2.51. The minimum Gasteiger partial charge on any atom is -0.350 e. The van der Waals surface area contributed by atoms with Gasteiger partial charge in [-0.25, -0.2) is 8.42 Å². The minimum absolute atomic E-state index is 0.0896. The Hall–Kier alpha value is -3.49. The van der Waals surface area contributed by atoms with Crippen LogP contribution < -0.4 is 10.2 Å². The first-order valence-corrected chi connectivity index (χ1v) is 12.8. The number of hydrogen-bond donors (Lipinski definition) is 1. The third kappa shape index (κ3) is 4.99. The largest absolute Gasteiger partial charge is 0.350 e. The molecule has 35 heavy (non-hydrogen) atoms. The Labute approximate surface area is 206 Å². The van der Waals surface area contributed by atoms with E-state index in [2.05, 4.69) is 5.32 Å². The van der Waals surface area contributed by atoms with Gasteiger partial charge < -0.3 is 5.32 Å². The summed E-state index contributed by atoms with van der Waals surface area (Å²) in [4.78, 5) is 28.6. The molecule has 0 aliphatic carbocycles. The lowest BCUT2D eigenvalue weighted by Crippen LogP contribution is -2.70. The number of anilines is 1. The molecule has 3 aromatic rings. The zero-order valence-corrected chi connectivity index (χ0v) is 20.9. The molecule has 1 unspecified atom stereocenters. The molecule has 0 radical (unpaired) electrons. The maximum atomic E-state index is 13.6. The molecule has 3 aromatic carbocycles. The summed E-state index contributed by atoms with van der Waals surface area (Å²) >= 11 is 0. The van der Waals surface area contributed by atoms with Gasteiger partial charge in [0.15, 0.2) is 0 Å². The van der Waals surface area contributed by atoms with Gasteiger partial charge >= 0.3 is 0 Å². The smallest absolute Gasteiger partial charge is 0.247 e. The summed E-state index contributed by atoms with van der Waals surface area (Å²) in [5.74, 6) is -0.896. The molecule has 2 amide bonds. The van der Waals surface area contributed by atoms with Gasteiger partial charge in [0.05, 0.1) is 11.4 Å². The van der Waals surface area contributed by atoms with Crippen LogP contribution in [0.15, 0.2) is 83.8 Å². The van der Waals surface area contributed by atoms with Gasteiger partial charge in [0.25, 0.3) is 0 Å². The Kier molecular flexibility index (Phi) is 6.78. The van der Waals surface area contributed by atoms with Crippen molar-refractivity contribution in [2.75, 3.05) is 18.0 Å². The van der Waals surface area contributed by atoms with E-state index in [1.807, 2.05) is 56.3 Å². The molecule has 0 aromatic heterocycles. The second kappa shape index (κ2) is 9.64. The number of nitrogens with one attached hydrogen (secondary N) is 1. The third-order valence-electron chi connectivity index (χ3n) is 6.27. The number of amides is 2. The number of hydrogen-bond acceptors (Lipinski definition) is 4. The molecule has 182 valence electrons. The van der Waals surface area contributed by atoms with Crippen LogP contribution in [-0.4, -0.2) is 43.2 Å². The fourth-order valence-electron chi connectivity index (χ4n) is 4.26. The van der Waals surface area contributed by atoms with Gasteiger partial charge in [-0.15, -0.1) is 0 Å². The van der Waals surface area contributed by atoms with Crippen LogP contribution in [0.3, 0.4) is 0 Å². The molecule has 1 N–H and O–H groups in total. The van der Waals surface area contributed by atoms with Gasteiger partial charge in [0.1, 0.15) is 5.54 Å². The Bertz CT molecular complexity index is 1320. The van der Waals surface area contributed by atoms with Crippen LogP contribution in [0.1, 0.15) is 23.6 Å². The van der Waals surface area contributed by atoms with Crippen molar-refractivity contribution in [1.29, 1.82) is 0 Å². The fraction of sp³-hybridized carbons (Fsp3) is 0.259. The van der Waals surface area contributed by atoms with Gasteiger partial charge in [-0.2, -0.15) is 4.31 Å². The molecule has 4 rings (SSSR count). The topological polar surface area (TPSA) is 86.8 Å². The van der Waals surface area contributed by atoms with Crippen molar-refractivity contribution in [2.45, 2.75) is 37.8 Å². The molecule has 1 aliphatic rings. The van der Waals surface area contributed by atoms with Crippen LogP contribution in [0.2, 0.25) is 0 Å². The normalized spacial score (nSPS) is 18.9. The van der Waals surface area contributed by atoms with E-state index in [4.69, 9.17) is 0 Å². The van der Waals surface area contributed by atoms with Crippen molar-refractivity contribution in [3.05, 3.63) is 95.6 Å². The fourth-order valence-corrected chi connectivity index (χ4v) is 5.74. The van der Waals surface area contributed by atoms with E-state index in [0.29, 0.717) is 5.69 Å². The average Bonchev–Trinajstić information content (AvgIpc) is 2.84. The molecule has 1 atom stereocenters. The quantitative estimate of drug-likeness (QED) is 0.573. The van der Waals surface area contributed by atoms with Gasteiger partial charge in [0, 0.05) is 18.8 Å². The Morgan fingerprint density at radius 3 is 2.09 bits per heavy atom. The summed E-state index contributed by atoms with van der Waals surface area (Å²) in [7, 11) is -3.99. The van der Waals surface area contributed by atoms with Gasteiger partial charge in [-0.1, -0.05) is 65.7 Å². The summed E-state index contributed by atoms with van der Waals surface area (Å²) < 4.78 is 28.0. The van der Waals surface area contributed by atoms with Gasteiger partial charge in [-0.3, -0.25) is 14.5 Å². The van der Waals surface area contributed by atoms with E-state index in [9.17, 15) is 18.0 Å². The van der Waals surface area contributed by atoms with E-state index >= 15 is 0 Å². The van der Waals surface area contributed by atoms with Crippen molar-refractivity contribution < 1.29 is 18.0 Å². The second-order valence-corrected chi connectivity index (χ2v) is 11.0. The van der Waals surface area contributed by atoms with Crippen LogP contribution in [0, 0.1) is 13.8 Å². The van der Waals surface area contributed by atoms with E-state index in [1.165, 1.54) is 17.0 Å². The molecule has 1 saturated heterocycles. The summed E-state index contributed by atoms with van der Waals surface area (Å²) in [6.45, 7) is 5.14. The molecule has 8 heteroatoms. The van der Waals surface area contributed by atoms with Crippen molar-refractivity contribution in [1.82, 2.24) is 9.62 Å². The predicted molar refractivity (Wildman–Crippen MR) is 135 cm³/mol. The molecule has 1 fully saturated rings. The van der Waals surface area contributed by atoms with Crippen molar-refractivity contribution in [3.8, 4) is 0 Å². The zero-order valence-electron chi connectivity index (χ0n) is 20.1. The maximum Gasteiger partial charge on any atom is 0.247 e. The molecule has 1 aliphatic heterocycles. The Morgan fingerprint density at radius 2 is 1.49 bits per heavy atom. The number of rotatable bonds is 6. The standard InChI is InChI=1S/C27H29N3O4S/c1-20-9-13-23(14-10-20)30-25(31)18-29(35(33,34)24-15-11-21(2)12-16-24)19-27(30,3)26(32)28-17-22-7-5-4-6-8-22/h4-16H,17-19H2,1-3H3,(H,28,32). The van der Waals surface area contributed by atoms with Crippen LogP contribution in [0.5, 0.6) is 0 Å². The van der Waals surface area contributed by atoms with E-state index in [-0.39, 0.29) is 24.5 Å². The predicted octanol–water partition coefficient (Wildman–Crippen LogP) is 3.42. The number of nitrogens with zero attached hydrogens (tertiary/aromatic N) is 2. The summed E-state index contributed by atoms with van der Waals surface area (Å²) in [6, 6.07) is 23.2. The first-order valence-electron chi connectivity index (χ1n) is 11.4. The van der Waals surface area contributed by atoms with Crippen LogP contribution in [0.4, 0.5) is 5.69 Å². The molecule has 1 heterocycles. The monoisotopic (exact) mass is 491 g/mol. The lowest BCUT2D eigenvalue weighted by molar-refractivity contribution is -0.133. The maximum absolute atomic E-state index is 13.6. The number of aryl methyl sites for hydroxylation is 2. The highest BCUT2D eigenvalue weighted by atomic mass is 32.2. The third-order valence-corrected chi connectivity index (χ3v) is 8.08. The van der Waals surface area contributed by atoms with Gasteiger partial charge in [0.2, 0.25) is 21.8 Å². The van der Waals surface area contributed by atoms with Crippen molar-refractivity contribution in [3.63, 3.8) is 0 Å². The van der Waals surface area contributed by atoms with E-state index in [1.54, 1.807) is 31.2 Å². The molecule has 0 spiro atoms. The number of piperazine rings is 1. The highest BCUT2D eigenvalue weighted by molar-refractivity contribution is 7.89. The van der Waals surface area contributed by atoms with E-state index in [0.717, 1.165) is 21.0 Å². The summed E-state index contributed by atoms with van der Waals surface area (Å²) in [5, 5.41) is 2.91. The van der Waals surface area contributed by atoms with Crippen LogP contribution in [-0.2, 0) is 26.2 Å². The summed E-state index contributed by atoms with van der Waals surface area (Å²) in [5.41, 5.74) is 1.92. The molecule has 7 nitrogen and oxygen atoms in total. The zero-order chi connectivity index (χ0) is 25.2. The lowest BCUT2D eigenvalue weighted by Gasteiger charge is -2.46. The molecule has 0 saturated carbocycles.